The van der Waals surface area contributed by atoms with Gasteiger partial charge in [0.25, 0.3) is 17.2 Å². The molecule has 2 rings (SSSR count). The van der Waals surface area contributed by atoms with Crippen molar-refractivity contribution < 1.29 is 9.72 Å². The predicted molar refractivity (Wildman–Crippen MR) is 120 cm³/mol. The summed E-state index contributed by atoms with van der Waals surface area (Å²) in [5.41, 5.74) is 4.71. The van der Waals surface area contributed by atoms with Gasteiger partial charge in [-0.3, -0.25) is 29.3 Å². The molecule has 0 saturated heterocycles. The average Bonchev–Trinajstić information content (AvgIpc) is 2.71. The number of carbonyl (C=O) groups is 1. The Kier molecular flexibility index (Phi) is 7.56. The predicted octanol–water partition coefficient (Wildman–Crippen LogP) is 2.17. The standard InChI is InChI=1S/C20H28N6O5/c1-5-6-9-24-17(21)16(18(27)23-20(24)29)25(11-12(2)3)19(28)14-10-13(26(30)31)7-8-15(14)22-4/h7-8,10,12,22H,5-6,9,11,21H2,1-4H3,(H,23,27,29). The molecule has 1 heterocycles. The zero-order chi connectivity index (χ0) is 23.3. The number of anilines is 3. The number of nitrogen functional groups attached to an aromatic ring is 1. The van der Waals surface area contributed by atoms with E-state index in [0.29, 0.717) is 12.1 Å². The number of rotatable bonds is 9. The van der Waals surface area contributed by atoms with Crippen molar-refractivity contribution in [2.24, 2.45) is 5.92 Å². The number of nitro benzene ring substituents is 1. The molecule has 31 heavy (non-hydrogen) atoms. The monoisotopic (exact) mass is 432 g/mol. The van der Waals surface area contributed by atoms with Crippen molar-refractivity contribution in [3.63, 3.8) is 0 Å². The van der Waals surface area contributed by atoms with Gasteiger partial charge < -0.3 is 16.0 Å². The molecule has 0 spiro atoms. The van der Waals surface area contributed by atoms with E-state index in [9.17, 15) is 24.5 Å². The third kappa shape index (κ3) is 5.11. The van der Waals surface area contributed by atoms with Gasteiger partial charge in [0.1, 0.15) is 5.82 Å². The van der Waals surface area contributed by atoms with Crippen LogP contribution in [-0.2, 0) is 6.54 Å². The minimum absolute atomic E-state index is 0.0162. The van der Waals surface area contributed by atoms with Gasteiger partial charge in [-0.2, -0.15) is 0 Å². The lowest BCUT2D eigenvalue weighted by molar-refractivity contribution is -0.384. The van der Waals surface area contributed by atoms with Crippen molar-refractivity contribution in [3.05, 3.63) is 54.7 Å². The van der Waals surface area contributed by atoms with Crippen LogP contribution in [0.5, 0.6) is 0 Å². The topological polar surface area (TPSA) is 156 Å². The fourth-order valence-corrected chi connectivity index (χ4v) is 3.20. The first-order valence-electron chi connectivity index (χ1n) is 10.0. The Morgan fingerprint density at radius 2 is 2.03 bits per heavy atom. The van der Waals surface area contributed by atoms with Crippen LogP contribution < -0.4 is 27.2 Å². The van der Waals surface area contributed by atoms with Crippen molar-refractivity contribution >= 4 is 28.8 Å². The number of aromatic nitrogens is 2. The molecule has 0 aliphatic rings. The number of hydrogen-bond donors (Lipinski definition) is 3. The summed E-state index contributed by atoms with van der Waals surface area (Å²) in [6, 6.07) is 3.86. The highest BCUT2D eigenvalue weighted by atomic mass is 16.6. The first-order chi connectivity index (χ1) is 14.6. The van der Waals surface area contributed by atoms with Crippen LogP contribution in [0.1, 0.15) is 44.0 Å². The quantitative estimate of drug-likeness (QED) is 0.405. The second-order valence-electron chi connectivity index (χ2n) is 7.54. The maximum atomic E-state index is 13.5. The molecule has 0 aliphatic carbocycles. The van der Waals surface area contributed by atoms with E-state index in [0.717, 1.165) is 12.5 Å². The first kappa shape index (κ1) is 23.6. The zero-order valence-corrected chi connectivity index (χ0v) is 18.1. The zero-order valence-electron chi connectivity index (χ0n) is 18.1. The number of nitrogens with zero attached hydrogens (tertiary/aromatic N) is 3. The highest BCUT2D eigenvalue weighted by Crippen LogP contribution is 2.27. The molecule has 11 heteroatoms. The number of amides is 1. The van der Waals surface area contributed by atoms with Crippen molar-refractivity contribution in [3.8, 4) is 0 Å². The Balaban J connectivity index is 2.72. The Bertz CT molecular complexity index is 1090. The van der Waals surface area contributed by atoms with Crippen LogP contribution in [0.3, 0.4) is 0 Å². The highest BCUT2D eigenvalue weighted by Gasteiger charge is 2.28. The van der Waals surface area contributed by atoms with Crippen molar-refractivity contribution in [1.82, 2.24) is 9.55 Å². The van der Waals surface area contributed by atoms with Gasteiger partial charge in [-0.1, -0.05) is 27.2 Å². The van der Waals surface area contributed by atoms with Crippen LogP contribution >= 0.6 is 0 Å². The molecule has 11 nitrogen and oxygen atoms in total. The number of nitrogens with two attached hydrogens (primary N) is 1. The number of non-ortho nitro benzene ring substituents is 1. The molecule has 0 aliphatic heterocycles. The van der Waals surface area contributed by atoms with Gasteiger partial charge in [0, 0.05) is 38.0 Å². The summed E-state index contributed by atoms with van der Waals surface area (Å²) in [4.78, 5) is 52.5. The molecular formula is C20H28N6O5. The smallest absolute Gasteiger partial charge is 0.330 e. The Labute approximate surface area is 179 Å². The van der Waals surface area contributed by atoms with Gasteiger partial charge in [0.2, 0.25) is 0 Å². The average molecular weight is 432 g/mol. The van der Waals surface area contributed by atoms with Crippen LogP contribution in [0, 0.1) is 16.0 Å². The molecule has 0 atom stereocenters. The minimum Gasteiger partial charge on any atom is -0.387 e. The molecule has 1 aromatic heterocycles. The lowest BCUT2D eigenvalue weighted by Crippen LogP contribution is -2.43. The number of aromatic amines is 1. The molecule has 1 amide bonds. The summed E-state index contributed by atoms with van der Waals surface area (Å²) >= 11 is 0. The second-order valence-corrected chi connectivity index (χ2v) is 7.54. The molecular weight excluding hydrogens is 404 g/mol. The lowest BCUT2D eigenvalue weighted by atomic mass is 10.1. The summed E-state index contributed by atoms with van der Waals surface area (Å²) in [6.45, 7) is 6.05. The van der Waals surface area contributed by atoms with Gasteiger partial charge in [-0.15, -0.1) is 0 Å². The number of nitro groups is 1. The van der Waals surface area contributed by atoms with E-state index < -0.39 is 22.1 Å². The van der Waals surface area contributed by atoms with E-state index >= 15 is 0 Å². The third-order valence-electron chi connectivity index (χ3n) is 4.73. The van der Waals surface area contributed by atoms with E-state index in [2.05, 4.69) is 10.3 Å². The molecule has 0 bridgehead atoms. The van der Waals surface area contributed by atoms with E-state index in [-0.39, 0.29) is 41.8 Å². The summed E-state index contributed by atoms with van der Waals surface area (Å²) in [5, 5.41) is 14.1. The van der Waals surface area contributed by atoms with Gasteiger partial charge >= 0.3 is 5.69 Å². The molecule has 2 aromatic rings. The Morgan fingerprint density at radius 1 is 1.35 bits per heavy atom. The molecule has 0 radical (unpaired) electrons. The molecule has 4 N–H and O–H groups in total. The van der Waals surface area contributed by atoms with Crippen molar-refractivity contribution in [1.29, 1.82) is 0 Å². The van der Waals surface area contributed by atoms with Gasteiger partial charge in [0.05, 0.1) is 10.5 Å². The summed E-state index contributed by atoms with van der Waals surface area (Å²) in [6.07, 6.45) is 1.46. The van der Waals surface area contributed by atoms with Crippen molar-refractivity contribution in [2.75, 3.05) is 29.5 Å². The second kappa shape index (κ2) is 9.92. The van der Waals surface area contributed by atoms with E-state index in [4.69, 9.17) is 5.73 Å². The van der Waals surface area contributed by atoms with E-state index in [1.165, 1.54) is 21.6 Å². The minimum atomic E-state index is -0.791. The van der Waals surface area contributed by atoms with Crippen LogP contribution in [0.2, 0.25) is 0 Å². The number of carbonyl (C=O) groups excluding carboxylic acids is 1. The summed E-state index contributed by atoms with van der Waals surface area (Å²) < 4.78 is 1.23. The molecule has 0 fully saturated rings. The fourth-order valence-electron chi connectivity index (χ4n) is 3.20. The highest BCUT2D eigenvalue weighted by molar-refractivity contribution is 6.11. The maximum absolute atomic E-state index is 13.5. The molecule has 1 aromatic carbocycles. The van der Waals surface area contributed by atoms with Gasteiger partial charge in [-0.05, 0) is 18.4 Å². The van der Waals surface area contributed by atoms with Crippen LogP contribution in [0.15, 0.2) is 27.8 Å². The van der Waals surface area contributed by atoms with Gasteiger partial charge in [-0.25, -0.2) is 4.79 Å². The van der Waals surface area contributed by atoms with Crippen molar-refractivity contribution in [2.45, 2.75) is 40.2 Å². The Hall–Kier alpha value is -3.63. The van der Waals surface area contributed by atoms with E-state index in [1.54, 1.807) is 7.05 Å². The number of hydrogen-bond acceptors (Lipinski definition) is 7. The van der Waals surface area contributed by atoms with Gasteiger partial charge in [0.15, 0.2) is 5.69 Å². The summed E-state index contributed by atoms with van der Waals surface area (Å²) in [7, 11) is 1.58. The van der Waals surface area contributed by atoms with Crippen LogP contribution in [0.4, 0.5) is 22.9 Å². The normalized spacial score (nSPS) is 10.9. The van der Waals surface area contributed by atoms with E-state index in [1.807, 2.05) is 20.8 Å². The van der Waals surface area contributed by atoms with Crippen LogP contribution in [-0.4, -0.2) is 34.0 Å². The first-order valence-corrected chi connectivity index (χ1v) is 10.0. The fraction of sp³-hybridized carbons (Fsp3) is 0.450. The van der Waals surface area contributed by atoms with Crippen LogP contribution in [0.25, 0.3) is 0 Å². The number of H-pyrrole nitrogens is 1. The SMILES string of the molecule is CCCCn1c(N)c(N(CC(C)C)C(=O)c2cc([N+](=O)[O-])ccc2NC)c(=O)[nH]c1=O. The largest absolute Gasteiger partial charge is 0.387 e. The molecule has 0 unspecified atom stereocenters. The number of benzene rings is 1. The molecule has 0 saturated carbocycles. The third-order valence-corrected chi connectivity index (χ3v) is 4.73. The number of nitrogens with one attached hydrogen (secondary N) is 2. The summed E-state index contributed by atoms with van der Waals surface area (Å²) in [5.74, 6) is -0.817. The Morgan fingerprint density at radius 3 is 2.58 bits per heavy atom. The maximum Gasteiger partial charge on any atom is 0.330 e. The number of unbranched alkanes of at least 4 members (excludes halogenated alkanes) is 1. The lowest BCUT2D eigenvalue weighted by Gasteiger charge is -2.26. The molecule has 168 valence electrons.